The van der Waals surface area contributed by atoms with E-state index in [1.54, 1.807) is 5.57 Å². The number of hydrogen-bond acceptors (Lipinski definition) is 1. The normalized spacial score (nSPS) is 40.4. The van der Waals surface area contributed by atoms with Crippen LogP contribution in [0, 0.1) is 29.1 Å². The molecule has 2 saturated carbocycles. The number of hydrogen-bond donors (Lipinski definition) is 0. The van der Waals surface area contributed by atoms with Crippen molar-refractivity contribution in [1.82, 2.24) is 0 Å². The summed E-state index contributed by atoms with van der Waals surface area (Å²) in [6.07, 6.45) is 14.3. The van der Waals surface area contributed by atoms with Gasteiger partial charge in [-0.1, -0.05) is 68.3 Å². The molecule has 0 saturated heterocycles. The summed E-state index contributed by atoms with van der Waals surface area (Å²) < 4.78 is 6.86. The van der Waals surface area contributed by atoms with Gasteiger partial charge in [-0.05, 0) is 104 Å². The van der Waals surface area contributed by atoms with E-state index in [1.165, 1.54) is 44.9 Å². The molecule has 0 spiro atoms. The first-order valence-electron chi connectivity index (χ1n) is 12.0. The van der Waals surface area contributed by atoms with E-state index in [0.717, 1.165) is 17.8 Å². The van der Waals surface area contributed by atoms with E-state index in [9.17, 15) is 0 Å². The van der Waals surface area contributed by atoms with Crippen molar-refractivity contribution in [3.8, 4) is 0 Å². The minimum Gasteiger partial charge on any atom is -0.408 e. The maximum Gasteiger partial charge on any atom is 0.193 e. The van der Waals surface area contributed by atoms with Crippen molar-refractivity contribution in [3.63, 3.8) is 0 Å². The van der Waals surface area contributed by atoms with Crippen LogP contribution in [0.15, 0.2) is 22.7 Å². The van der Waals surface area contributed by atoms with Crippen LogP contribution in [0.3, 0.4) is 0 Å². The molecule has 3 aliphatic carbocycles. The molecule has 0 bridgehead atoms. The molecule has 0 amide bonds. The van der Waals surface area contributed by atoms with Gasteiger partial charge in [-0.25, -0.2) is 0 Å². The molecule has 3 heteroatoms. The van der Waals surface area contributed by atoms with Gasteiger partial charge < -0.3 is 4.43 Å². The Labute approximate surface area is 190 Å². The Bertz CT molecular complexity index is 660. The lowest BCUT2D eigenvalue weighted by Crippen LogP contribution is -2.47. The van der Waals surface area contributed by atoms with Gasteiger partial charge in [0.15, 0.2) is 8.32 Å². The Hall–Kier alpha value is 0.137. The van der Waals surface area contributed by atoms with Gasteiger partial charge in [-0.15, -0.1) is 0 Å². The molecular weight excluding hydrogens is 436 g/mol. The van der Waals surface area contributed by atoms with Gasteiger partial charge in [0.05, 0.1) is 5.60 Å². The lowest BCUT2D eigenvalue weighted by Gasteiger charge is -2.45. The smallest absolute Gasteiger partial charge is 0.193 e. The van der Waals surface area contributed by atoms with E-state index in [1.807, 2.05) is 0 Å². The van der Waals surface area contributed by atoms with Gasteiger partial charge >= 0.3 is 0 Å². The van der Waals surface area contributed by atoms with Crippen LogP contribution >= 0.6 is 15.9 Å². The molecule has 0 aliphatic heterocycles. The van der Waals surface area contributed by atoms with Gasteiger partial charge in [0.2, 0.25) is 0 Å². The van der Waals surface area contributed by atoms with Crippen molar-refractivity contribution in [3.05, 3.63) is 22.7 Å². The highest BCUT2D eigenvalue weighted by molar-refractivity contribution is 9.11. The Kier molecular flexibility index (Phi) is 6.76. The number of rotatable bonds is 5. The minimum atomic E-state index is -1.75. The first-order valence-corrected chi connectivity index (χ1v) is 15.8. The standard InChI is InChI=1S/C26H45BrOSi/c1-19(22-11-12-23-21(18-27)10-9-14-26(22,23)6)16-20-13-15-25(5,17-20)28-29(7,8)24(2,3)4/h13,15,18-20,22-23H,9-12,14,16-17H2,1-8H3/t19-,20+,22-,23?,25-,26-/m1/s1. The van der Waals surface area contributed by atoms with Crippen molar-refractivity contribution in [1.29, 1.82) is 0 Å². The molecule has 166 valence electrons. The topological polar surface area (TPSA) is 9.23 Å². The van der Waals surface area contributed by atoms with Crippen LogP contribution in [-0.4, -0.2) is 13.9 Å². The van der Waals surface area contributed by atoms with Crippen molar-refractivity contribution in [2.75, 3.05) is 0 Å². The average molecular weight is 482 g/mol. The van der Waals surface area contributed by atoms with Crippen LogP contribution < -0.4 is 0 Å². The summed E-state index contributed by atoms with van der Waals surface area (Å²) >= 11 is 3.67. The second-order valence-electron chi connectivity index (χ2n) is 12.5. The Balaban J connectivity index is 1.63. The van der Waals surface area contributed by atoms with Gasteiger partial charge in [-0.2, -0.15) is 0 Å². The maximum atomic E-state index is 6.86. The fraction of sp³-hybridized carbons (Fsp3) is 0.846. The zero-order valence-electron chi connectivity index (χ0n) is 20.3. The van der Waals surface area contributed by atoms with Crippen LogP contribution in [-0.2, 0) is 4.43 Å². The number of fused-ring (bicyclic) bond motifs is 1. The highest BCUT2D eigenvalue weighted by Crippen LogP contribution is 2.60. The molecule has 2 fully saturated rings. The van der Waals surface area contributed by atoms with Crippen LogP contribution in [0.2, 0.25) is 18.1 Å². The van der Waals surface area contributed by atoms with E-state index >= 15 is 0 Å². The van der Waals surface area contributed by atoms with Gasteiger partial charge in [0.1, 0.15) is 0 Å². The SMILES string of the molecule is C[C@H](C[C@@H]1C=C[C@@](C)(O[Si](C)(C)C(C)(C)C)C1)[C@H]1CCC2C(=CBr)CCC[C@@]21C. The van der Waals surface area contributed by atoms with E-state index in [4.69, 9.17) is 4.43 Å². The highest BCUT2D eigenvalue weighted by atomic mass is 79.9. The van der Waals surface area contributed by atoms with Gasteiger partial charge in [-0.3, -0.25) is 0 Å². The maximum absolute atomic E-state index is 6.86. The zero-order valence-corrected chi connectivity index (χ0v) is 22.9. The lowest BCUT2D eigenvalue weighted by atomic mass is 9.61. The molecule has 0 aromatic carbocycles. The third-order valence-electron chi connectivity index (χ3n) is 9.22. The quantitative estimate of drug-likeness (QED) is 0.281. The second-order valence-corrected chi connectivity index (χ2v) is 17.7. The first-order chi connectivity index (χ1) is 13.3. The van der Waals surface area contributed by atoms with E-state index in [0.29, 0.717) is 11.3 Å². The third-order valence-corrected chi connectivity index (χ3v) is 14.4. The Morgan fingerprint density at radius 1 is 1.28 bits per heavy atom. The Morgan fingerprint density at radius 3 is 2.59 bits per heavy atom. The van der Waals surface area contributed by atoms with Crippen molar-refractivity contribution >= 4 is 24.2 Å². The molecule has 0 heterocycles. The summed E-state index contributed by atoms with van der Waals surface area (Å²) in [5, 5.41) is 0.268. The molecule has 0 aromatic heterocycles. The highest BCUT2D eigenvalue weighted by Gasteiger charge is 2.51. The van der Waals surface area contributed by atoms with E-state index < -0.39 is 8.32 Å². The predicted molar refractivity (Wildman–Crippen MR) is 133 cm³/mol. The third kappa shape index (κ3) is 4.67. The van der Waals surface area contributed by atoms with Crippen LogP contribution in [0.4, 0.5) is 0 Å². The lowest BCUT2D eigenvalue weighted by molar-refractivity contribution is 0.0791. The molecule has 3 rings (SSSR count). The molecule has 3 aliphatic rings. The number of halogens is 1. The summed E-state index contributed by atoms with van der Waals surface area (Å²) in [6.45, 7) is 19.3. The predicted octanol–water partition coefficient (Wildman–Crippen LogP) is 8.86. The molecule has 0 aromatic rings. The Morgan fingerprint density at radius 2 is 1.97 bits per heavy atom. The average Bonchev–Trinajstić information content (AvgIpc) is 3.12. The van der Waals surface area contributed by atoms with Crippen LogP contribution in [0.25, 0.3) is 0 Å². The molecule has 6 atom stereocenters. The van der Waals surface area contributed by atoms with E-state index in [2.05, 4.69) is 87.7 Å². The van der Waals surface area contributed by atoms with Gasteiger partial charge in [0.25, 0.3) is 0 Å². The molecular formula is C26H45BrOSi. The van der Waals surface area contributed by atoms with Crippen molar-refractivity contribution in [2.45, 2.75) is 110 Å². The van der Waals surface area contributed by atoms with Crippen LogP contribution in [0.5, 0.6) is 0 Å². The summed E-state index contributed by atoms with van der Waals surface area (Å²) in [5.41, 5.74) is 2.14. The monoisotopic (exact) mass is 480 g/mol. The summed E-state index contributed by atoms with van der Waals surface area (Å²) in [6, 6.07) is 0. The van der Waals surface area contributed by atoms with Crippen molar-refractivity contribution in [2.24, 2.45) is 29.1 Å². The fourth-order valence-electron chi connectivity index (χ4n) is 6.76. The minimum absolute atomic E-state index is 0.0633. The van der Waals surface area contributed by atoms with E-state index in [-0.39, 0.29) is 10.6 Å². The zero-order chi connectivity index (χ0) is 21.7. The van der Waals surface area contributed by atoms with Gasteiger partial charge in [0, 0.05) is 0 Å². The number of allylic oxidation sites excluding steroid dienone is 2. The van der Waals surface area contributed by atoms with Crippen molar-refractivity contribution < 1.29 is 4.43 Å². The first kappa shape index (κ1) is 23.8. The summed E-state index contributed by atoms with van der Waals surface area (Å²) in [5.74, 6) is 3.16. The molecule has 29 heavy (non-hydrogen) atoms. The summed E-state index contributed by atoms with van der Waals surface area (Å²) in [7, 11) is -1.75. The molecule has 1 nitrogen and oxygen atoms in total. The fourth-order valence-corrected chi connectivity index (χ4v) is 8.93. The molecule has 0 radical (unpaired) electrons. The molecule has 0 N–H and O–H groups in total. The second kappa shape index (κ2) is 8.24. The molecule has 1 unspecified atom stereocenters. The largest absolute Gasteiger partial charge is 0.408 e. The summed E-state index contributed by atoms with van der Waals surface area (Å²) in [4.78, 5) is 2.26. The van der Waals surface area contributed by atoms with Crippen LogP contribution in [0.1, 0.15) is 86.5 Å².